The zero-order valence-corrected chi connectivity index (χ0v) is 12.8. The second-order valence-electron chi connectivity index (χ2n) is 6.42. The maximum atomic E-state index is 3.82. The van der Waals surface area contributed by atoms with Crippen LogP contribution >= 0.6 is 22.6 Å². The number of hydrogen-bond donors (Lipinski definition) is 1. The Kier molecular flexibility index (Phi) is 2.82. The van der Waals surface area contributed by atoms with Gasteiger partial charge in [-0.15, -0.1) is 0 Å². The minimum Gasteiger partial charge on any atom is -0.382 e. The lowest BCUT2D eigenvalue weighted by atomic mass is 9.79. The molecule has 1 N–H and O–H groups in total. The summed E-state index contributed by atoms with van der Waals surface area (Å²) < 4.78 is 1.33. The second-order valence-corrected chi connectivity index (χ2v) is 7.66. The van der Waals surface area contributed by atoms with Crippen LogP contribution in [-0.4, -0.2) is 6.04 Å². The molecule has 96 valence electrons. The van der Waals surface area contributed by atoms with E-state index in [-0.39, 0.29) is 0 Å². The van der Waals surface area contributed by atoms with E-state index in [0.29, 0.717) is 0 Å². The number of halogens is 1. The Balaban J connectivity index is 1.51. The van der Waals surface area contributed by atoms with Crippen LogP contribution in [-0.2, 0) is 0 Å². The van der Waals surface area contributed by atoms with Crippen molar-refractivity contribution in [2.45, 2.75) is 38.1 Å². The average molecular weight is 353 g/mol. The van der Waals surface area contributed by atoms with E-state index in [1.54, 1.807) is 0 Å². The normalized spacial score (nSPS) is 41.1. The van der Waals surface area contributed by atoms with Crippen molar-refractivity contribution in [3.8, 4) is 0 Å². The smallest absolute Gasteiger partial charge is 0.0353 e. The number of benzene rings is 1. The van der Waals surface area contributed by atoms with Crippen LogP contribution in [0.15, 0.2) is 24.3 Å². The number of nitrogens with one attached hydrogen (secondary N) is 1. The third-order valence-electron chi connectivity index (χ3n) is 5.61. The zero-order valence-electron chi connectivity index (χ0n) is 10.6. The van der Waals surface area contributed by atoms with Crippen LogP contribution in [0.2, 0.25) is 0 Å². The molecule has 3 aliphatic carbocycles. The molecule has 0 saturated heterocycles. The quantitative estimate of drug-likeness (QED) is 0.771. The molecule has 3 aliphatic rings. The maximum absolute atomic E-state index is 3.82. The Morgan fingerprint density at radius 3 is 2.83 bits per heavy atom. The highest BCUT2D eigenvalue weighted by molar-refractivity contribution is 14.1. The van der Waals surface area contributed by atoms with E-state index in [9.17, 15) is 0 Å². The Labute approximate surface area is 123 Å². The highest BCUT2D eigenvalue weighted by Gasteiger charge is 2.53. The summed E-state index contributed by atoms with van der Waals surface area (Å²) >= 11 is 2.40. The molecule has 0 radical (unpaired) electrons. The Morgan fingerprint density at radius 1 is 1.06 bits per heavy atom. The summed E-state index contributed by atoms with van der Waals surface area (Å²) in [6.45, 7) is 0. The third-order valence-corrected chi connectivity index (χ3v) is 6.28. The first-order chi connectivity index (χ1) is 8.81. The lowest BCUT2D eigenvalue weighted by Gasteiger charge is -2.32. The van der Waals surface area contributed by atoms with Gasteiger partial charge in [-0.2, -0.15) is 0 Å². The first-order valence-electron chi connectivity index (χ1n) is 7.33. The summed E-state index contributed by atoms with van der Waals surface area (Å²) in [5.41, 5.74) is 1.33. The number of rotatable bonds is 2. The van der Waals surface area contributed by atoms with Crippen LogP contribution in [0.4, 0.5) is 5.69 Å². The molecule has 0 heterocycles. The molecule has 18 heavy (non-hydrogen) atoms. The molecule has 0 aliphatic heterocycles. The van der Waals surface area contributed by atoms with Gasteiger partial charge in [0, 0.05) is 15.3 Å². The topological polar surface area (TPSA) is 12.0 Å². The van der Waals surface area contributed by atoms with Gasteiger partial charge in [0.2, 0.25) is 0 Å². The SMILES string of the molecule is Ic1cccc(NC2CC3CC2C2CCCC32)c1. The van der Waals surface area contributed by atoms with Gasteiger partial charge in [-0.25, -0.2) is 0 Å². The van der Waals surface area contributed by atoms with E-state index >= 15 is 0 Å². The van der Waals surface area contributed by atoms with Gasteiger partial charge in [0.05, 0.1) is 0 Å². The molecule has 5 unspecified atom stereocenters. The fourth-order valence-electron chi connectivity index (χ4n) is 5.03. The van der Waals surface area contributed by atoms with Crippen molar-refractivity contribution in [3.05, 3.63) is 27.8 Å². The molecule has 3 saturated carbocycles. The Morgan fingerprint density at radius 2 is 1.94 bits per heavy atom. The van der Waals surface area contributed by atoms with Gasteiger partial charge in [0.25, 0.3) is 0 Å². The monoisotopic (exact) mass is 353 g/mol. The molecule has 5 atom stereocenters. The van der Waals surface area contributed by atoms with E-state index < -0.39 is 0 Å². The third kappa shape index (κ3) is 1.79. The van der Waals surface area contributed by atoms with Gasteiger partial charge in [-0.05, 0) is 90.1 Å². The molecule has 2 heteroatoms. The maximum Gasteiger partial charge on any atom is 0.0353 e. The lowest BCUT2D eigenvalue weighted by Crippen LogP contribution is -2.33. The van der Waals surface area contributed by atoms with Crippen molar-refractivity contribution in [1.29, 1.82) is 0 Å². The van der Waals surface area contributed by atoms with Crippen LogP contribution in [0, 0.1) is 27.2 Å². The molecular weight excluding hydrogens is 333 g/mol. The Hall–Kier alpha value is -0.250. The average Bonchev–Trinajstić information content (AvgIpc) is 2.99. The van der Waals surface area contributed by atoms with E-state index in [1.165, 1.54) is 41.4 Å². The molecule has 4 rings (SSSR count). The van der Waals surface area contributed by atoms with E-state index in [4.69, 9.17) is 0 Å². The van der Waals surface area contributed by atoms with E-state index in [1.807, 2.05) is 0 Å². The van der Waals surface area contributed by atoms with Crippen LogP contribution in [0.5, 0.6) is 0 Å². The molecule has 0 aromatic heterocycles. The van der Waals surface area contributed by atoms with Crippen LogP contribution < -0.4 is 5.32 Å². The summed E-state index contributed by atoms with van der Waals surface area (Å²) in [7, 11) is 0. The van der Waals surface area contributed by atoms with Crippen molar-refractivity contribution in [2.75, 3.05) is 5.32 Å². The number of anilines is 1. The molecule has 0 amide bonds. The number of fused-ring (bicyclic) bond motifs is 5. The first kappa shape index (κ1) is 11.6. The molecule has 1 aromatic carbocycles. The number of hydrogen-bond acceptors (Lipinski definition) is 1. The predicted molar refractivity (Wildman–Crippen MR) is 83.6 cm³/mol. The minimum atomic E-state index is 0.757. The van der Waals surface area contributed by atoms with Gasteiger partial charge in [-0.1, -0.05) is 12.5 Å². The zero-order chi connectivity index (χ0) is 12.1. The molecule has 3 fully saturated rings. The van der Waals surface area contributed by atoms with Crippen molar-refractivity contribution in [1.82, 2.24) is 0 Å². The highest BCUT2D eigenvalue weighted by atomic mass is 127. The van der Waals surface area contributed by atoms with Crippen LogP contribution in [0.25, 0.3) is 0 Å². The van der Waals surface area contributed by atoms with Gasteiger partial charge >= 0.3 is 0 Å². The fourth-order valence-corrected chi connectivity index (χ4v) is 5.57. The molecular formula is C16H20IN. The van der Waals surface area contributed by atoms with Crippen molar-refractivity contribution < 1.29 is 0 Å². The highest BCUT2D eigenvalue weighted by Crippen LogP contribution is 2.59. The minimum absolute atomic E-state index is 0.757. The summed E-state index contributed by atoms with van der Waals surface area (Å²) in [6, 6.07) is 9.58. The largest absolute Gasteiger partial charge is 0.382 e. The summed E-state index contributed by atoms with van der Waals surface area (Å²) in [4.78, 5) is 0. The lowest BCUT2D eigenvalue weighted by molar-refractivity contribution is 0.243. The van der Waals surface area contributed by atoms with Crippen molar-refractivity contribution in [2.24, 2.45) is 23.7 Å². The second kappa shape index (κ2) is 4.39. The first-order valence-corrected chi connectivity index (χ1v) is 8.41. The molecule has 1 aromatic rings. The predicted octanol–water partition coefficient (Wildman–Crippen LogP) is 4.53. The fraction of sp³-hybridized carbons (Fsp3) is 0.625. The molecule has 1 nitrogen and oxygen atoms in total. The molecule has 2 bridgehead atoms. The molecule has 0 spiro atoms. The van der Waals surface area contributed by atoms with Gasteiger partial charge in [-0.3, -0.25) is 0 Å². The van der Waals surface area contributed by atoms with Gasteiger partial charge in [0.1, 0.15) is 0 Å². The van der Waals surface area contributed by atoms with Crippen LogP contribution in [0.3, 0.4) is 0 Å². The van der Waals surface area contributed by atoms with Crippen molar-refractivity contribution >= 4 is 28.3 Å². The van der Waals surface area contributed by atoms with Crippen LogP contribution in [0.1, 0.15) is 32.1 Å². The summed E-state index contributed by atoms with van der Waals surface area (Å²) in [5.74, 6) is 4.18. The standard InChI is InChI=1S/C16H20IN/c17-11-3-1-4-12(9-11)18-16-8-10-7-15(16)14-6-2-5-13(10)14/h1,3-4,9-10,13-16,18H,2,5-8H2. The van der Waals surface area contributed by atoms with Gasteiger partial charge < -0.3 is 5.32 Å². The summed E-state index contributed by atoms with van der Waals surface area (Å²) in [6.07, 6.45) is 7.48. The summed E-state index contributed by atoms with van der Waals surface area (Å²) in [5, 5.41) is 3.82. The van der Waals surface area contributed by atoms with Crippen molar-refractivity contribution in [3.63, 3.8) is 0 Å². The Bertz CT molecular complexity index is 458. The van der Waals surface area contributed by atoms with E-state index in [2.05, 4.69) is 52.2 Å². The van der Waals surface area contributed by atoms with Gasteiger partial charge in [0.15, 0.2) is 0 Å². The van der Waals surface area contributed by atoms with E-state index in [0.717, 1.165) is 29.7 Å².